The summed E-state index contributed by atoms with van der Waals surface area (Å²) in [4.78, 5) is 9.39. The number of hydrogen-bond donors (Lipinski definition) is 1. The smallest absolute Gasteiger partial charge is 0.193 e. The van der Waals surface area contributed by atoms with Gasteiger partial charge in [-0.2, -0.15) is 11.3 Å². The fourth-order valence-corrected chi connectivity index (χ4v) is 4.37. The Kier molecular flexibility index (Phi) is 10.1. The zero-order valence-electron chi connectivity index (χ0n) is 17.3. The van der Waals surface area contributed by atoms with Crippen molar-refractivity contribution in [3.05, 3.63) is 22.4 Å². The molecule has 1 aromatic heterocycles. The number of ether oxygens (including phenoxy) is 2. The van der Waals surface area contributed by atoms with Gasteiger partial charge in [-0.3, -0.25) is 9.89 Å². The zero-order valence-corrected chi connectivity index (χ0v) is 18.1. The van der Waals surface area contributed by atoms with E-state index in [1.165, 1.54) is 5.56 Å². The average molecular weight is 397 g/mol. The molecule has 154 valence electrons. The minimum absolute atomic E-state index is 0.374. The largest absolute Gasteiger partial charge is 0.382 e. The summed E-state index contributed by atoms with van der Waals surface area (Å²) in [6, 6.07) is 2.61. The molecule has 0 amide bonds. The molecule has 2 unspecified atom stereocenters. The van der Waals surface area contributed by atoms with Gasteiger partial charge in [0.05, 0.1) is 25.9 Å². The lowest BCUT2D eigenvalue weighted by Gasteiger charge is -2.31. The van der Waals surface area contributed by atoms with Crippen molar-refractivity contribution in [1.82, 2.24) is 15.1 Å². The molecule has 0 radical (unpaired) electrons. The number of likely N-dealkylation sites (N-methyl/N-ethyl adjacent to an activating group) is 1. The van der Waals surface area contributed by atoms with Crippen LogP contribution < -0.4 is 5.32 Å². The van der Waals surface area contributed by atoms with Crippen molar-refractivity contribution in [2.24, 2.45) is 10.9 Å². The van der Waals surface area contributed by atoms with E-state index in [-0.39, 0.29) is 0 Å². The predicted octanol–water partition coefficient (Wildman–Crippen LogP) is 2.69. The van der Waals surface area contributed by atoms with Gasteiger partial charge in [-0.25, -0.2) is 0 Å². The van der Waals surface area contributed by atoms with Crippen molar-refractivity contribution in [1.29, 1.82) is 0 Å². The Balaban J connectivity index is 1.86. The third-order valence-corrected chi connectivity index (χ3v) is 5.92. The van der Waals surface area contributed by atoms with Crippen molar-refractivity contribution in [3.63, 3.8) is 0 Å². The molecule has 1 saturated heterocycles. The van der Waals surface area contributed by atoms with Crippen LogP contribution in [0.15, 0.2) is 21.8 Å². The van der Waals surface area contributed by atoms with E-state index in [0.29, 0.717) is 25.2 Å². The number of guanidine groups is 1. The number of aliphatic imine (C=N–C) groups is 1. The average Bonchev–Trinajstić information content (AvgIpc) is 3.37. The fourth-order valence-electron chi connectivity index (χ4n) is 3.66. The highest BCUT2D eigenvalue weighted by molar-refractivity contribution is 7.07. The summed E-state index contributed by atoms with van der Waals surface area (Å²) >= 11 is 1.76. The maximum atomic E-state index is 5.71. The van der Waals surface area contributed by atoms with E-state index in [9.17, 15) is 0 Å². The van der Waals surface area contributed by atoms with Crippen molar-refractivity contribution in [2.75, 3.05) is 66.7 Å². The van der Waals surface area contributed by atoms with E-state index < -0.39 is 0 Å². The van der Waals surface area contributed by atoms with Crippen molar-refractivity contribution < 1.29 is 9.47 Å². The number of nitrogens with one attached hydrogen (secondary N) is 1. The zero-order chi connectivity index (χ0) is 19.5. The van der Waals surface area contributed by atoms with Crippen LogP contribution in [-0.4, -0.2) is 82.5 Å². The highest BCUT2D eigenvalue weighted by atomic mass is 32.1. The van der Waals surface area contributed by atoms with Crippen LogP contribution in [-0.2, 0) is 9.47 Å². The molecule has 2 rings (SSSR count). The highest BCUT2D eigenvalue weighted by Crippen LogP contribution is 2.23. The molecule has 0 aliphatic carbocycles. The molecule has 1 fully saturated rings. The summed E-state index contributed by atoms with van der Waals surface area (Å²) in [6.45, 7) is 11.6. The number of nitrogens with zero attached hydrogens (tertiary/aromatic N) is 3. The van der Waals surface area contributed by atoms with Gasteiger partial charge in [-0.15, -0.1) is 0 Å². The Morgan fingerprint density at radius 1 is 1.41 bits per heavy atom. The number of likely N-dealkylation sites (tertiary alicyclic amines) is 1. The second kappa shape index (κ2) is 12.3. The van der Waals surface area contributed by atoms with E-state index in [1.54, 1.807) is 18.4 Å². The first-order chi connectivity index (χ1) is 13.2. The van der Waals surface area contributed by atoms with Gasteiger partial charge in [0.15, 0.2) is 5.96 Å². The van der Waals surface area contributed by atoms with Gasteiger partial charge in [0.25, 0.3) is 0 Å². The van der Waals surface area contributed by atoms with Crippen LogP contribution in [0.4, 0.5) is 0 Å². The van der Waals surface area contributed by atoms with Gasteiger partial charge >= 0.3 is 0 Å². The summed E-state index contributed by atoms with van der Waals surface area (Å²) in [7, 11) is 3.58. The van der Waals surface area contributed by atoms with Gasteiger partial charge in [0.2, 0.25) is 0 Å². The fraction of sp³-hybridized carbons (Fsp3) is 0.750. The third-order valence-electron chi connectivity index (χ3n) is 5.22. The Bertz CT molecular complexity index is 534. The number of thiophene rings is 1. The van der Waals surface area contributed by atoms with Crippen molar-refractivity contribution in [3.8, 4) is 0 Å². The highest BCUT2D eigenvalue weighted by Gasteiger charge is 2.26. The maximum Gasteiger partial charge on any atom is 0.193 e. The SMILES string of the molecule is CCN(CC)C(CNC(=NC)N1CCC(COCCOC)C1)c1ccsc1. The lowest BCUT2D eigenvalue weighted by molar-refractivity contribution is 0.0536. The summed E-state index contributed by atoms with van der Waals surface area (Å²) in [5.41, 5.74) is 1.39. The molecule has 6 nitrogen and oxygen atoms in total. The van der Waals surface area contributed by atoms with E-state index >= 15 is 0 Å². The lowest BCUT2D eigenvalue weighted by atomic mass is 10.1. The first-order valence-electron chi connectivity index (χ1n) is 10.0. The monoisotopic (exact) mass is 396 g/mol. The first kappa shape index (κ1) is 22.1. The summed E-state index contributed by atoms with van der Waals surface area (Å²) in [5, 5.41) is 8.05. The molecule has 0 bridgehead atoms. The van der Waals surface area contributed by atoms with Gasteiger partial charge in [-0.1, -0.05) is 13.8 Å². The molecule has 1 aromatic rings. The van der Waals surface area contributed by atoms with E-state index in [0.717, 1.165) is 51.7 Å². The first-order valence-corrected chi connectivity index (χ1v) is 11.0. The number of methoxy groups -OCH3 is 1. The molecule has 1 aliphatic heterocycles. The summed E-state index contributed by atoms with van der Waals surface area (Å²) in [6.07, 6.45) is 1.15. The van der Waals surface area contributed by atoms with Crippen LogP contribution in [0.2, 0.25) is 0 Å². The Labute approximate surface area is 168 Å². The predicted molar refractivity (Wildman–Crippen MR) is 114 cm³/mol. The van der Waals surface area contributed by atoms with Crippen LogP contribution in [0.1, 0.15) is 31.9 Å². The van der Waals surface area contributed by atoms with Crippen LogP contribution in [0.3, 0.4) is 0 Å². The van der Waals surface area contributed by atoms with Gasteiger partial charge < -0.3 is 19.7 Å². The molecule has 2 heterocycles. The van der Waals surface area contributed by atoms with Crippen LogP contribution >= 0.6 is 11.3 Å². The maximum absolute atomic E-state index is 5.71. The van der Waals surface area contributed by atoms with Gasteiger partial charge in [0.1, 0.15) is 0 Å². The third kappa shape index (κ3) is 6.75. The Morgan fingerprint density at radius 2 is 2.22 bits per heavy atom. The molecule has 7 heteroatoms. The molecular weight excluding hydrogens is 360 g/mol. The van der Waals surface area contributed by atoms with Crippen LogP contribution in [0, 0.1) is 5.92 Å². The molecule has 1 N–H and O–H groups in total. The van der Waals surface area contributed by atoms with E-state index in [4.69, 9.17) is 9.47 Å². The van der Waals surface area contributed by atoms with E-state index in [1.807, 2.05) is 7.05 Å². The summed E-state index contributed by atoms with van der Waals surface area (Å²) < 4.78 is 10.7. The normalized spacial score (nSPS) is 19.1. The minimum atomic E-state index is 0.374. The van der Waals surface area contributed by atoms with E-state index in [2.05, 4.69) is 50.8 Å². The lowest BCUT2D eigenvalue weighted by Crippen LogP contribution is -2.44. The number of hydrogen-bond acceptors (Lipinski definition) is 5. The second-order valence-electron chi connectivity index (χ2n) is 6.89. The molecular formula is C20H36N4O2S. The molecule has 0 spiro atoms. The van der Waals surface area contributed by atoms with Crippen molar-refractivity contribution >= 4 is 17.3 Å². The van der Waals surface area contributed by atoms with Crippen molar-refractivity contribution in [2.45, 2.75) is 26.3 Å². The molecule has 0 aromatic carbocycles. The van der Waals surface area contributed by atoms with Crippen LogP contribution in [0.25, 0.3) is 0 Å². The molecule has 27 heavy (non-hydrogen) atoms. The summed E-state index contributed by atoms with van der Waals surface area (Å²) in [5.74, 6) is 1.57. The standard InChI is InChI=1S/C20H36N4O2S/c1-5-23(6-2)19(18-8-12-27-16-18)13-22-20(21-3)24-9-7-17(14-24)15-26-11-10-25-4/h8,12,16-17,19H,5-7,9-11,13-15H2,1-4H3,(H,21,22). The molecule has 2 atom stereocenters. The number of rotatable bonds is 11. The van der Waals surface area contributed by atoms with Gasteiger partial charge in [0, 0.05) is 39.7 Å². The van der Waals surface area contributed by atoms with Crippen LogP contribution in [0.5, 0.6) is 0 Å². The quantitative estimate of drug-likeness (QED) is 0.354. The minimum Gasteiger partial charge on any atom is -0.382 e. The Morgan fingerprint density at radius 3 is 2.85 bits per heavy atom. The Hall–Kier alpha value is -1.15. The van der Waals surface area contributed by atoms with Gasteiger partial charge in [-0.05, 0) is 41.9 Å². The topological polar surface area (TPSA) is 49.3 Å². The molecule has 0 saturated carbocycles. The second-order valence-corrected chi connectivity index (χ2v) is 7.67. The molecule has 1 aliphatic rings.